The molecule has 1 aliphatic heterocycles. The summed E-state index contributed by atoms with van der Waals surface area (Å²) in [6.07, 6.45) is 1.70. The summed E-state index contributed by atoms with van der Waals surface area (Å²) in [5, 5.41) is 1.27. The summed E-state index contributed by atoms with van der Waals surface area (Å²) in [6, 6.07) is 15.8. The van der Waals surface area contributed by atoms with E-state index in [1.807, 2.05) is 42.2 Å². The lowest BCUT2D eigenvalue weighted by Gasteiger charge is -2.21. The van der Waals surface area contributed by atoms with Gasteiger partial charge < -0.3 is 19.4 Å². The Kier molecular flexibility index (Phi) is 5.01. The van der Waals surface area contributed by atoms with E-state index in [-0.39, 0.29) is 12.5 Å². The Morgan fingerprint density at radius 3 is 2.52 bits per heavy atom. The third-order valence-electron chi connectivity index (χ3n) is 5.02. The molecule has 1 amide bonds. The number of fused-ring (bicyclic) bond motifs is 3. The largest absolute Gasteiger partial charge is 0.490 e. The van der Waals surface area contributed by atoms with Crippen molar-refractivity contribution in [2.24, 2.45) is 0 Å². The summed E-state index contributed by atoms with van der Waals surface area (Å²) in [4.78, 5) is 18.1. The summed E-state index contributed by atoms with van der Waals surface area (Å²) in [7, 11) is 0. The number of hydrogen-bond donors (Lipinski definition) is 1. The average molecular weight is 364 g/mol. The minimum Gasteiger partial charge on any atom is -0.490 e. The SMILES string of the molecule is CCOc1ccccc1OCC(=O)N1CCc2[nH]c3ccccc3c2CC1. The lowest BCUT2D eigenvalue weighted by Crippen LogP contribution is -2.36. The second-order valence-corrected chi connectivity index (χ2v) is 6.68. The Morgan fingerprint density at radius 2 is 1.70 bits per heavy atom. The number of carbonyl (C=O) groups is 1. The van der Waals surface area contributed by atoms with Crippen LogP contribution in [-0.4, -0.2) is 42.1 Å². The zero-order chi connectivity index (χ0) is 18.6. The zero-order valence-corrected chi connectivity index (χ0v) is 15.5. The Hall–Kier alpha value is -2.95. The molecule has 2 aromatic carbocycles. The van der Waals surface area contributed by atoms with E-state index >= 15 is 0 Å². The van der Waals surface area contributed by atoms with E-state index in [2.05, 4.69) is 23.2 Å². The molecule has 0 spiro atoms. The van der Waals surface area contributed by atoms with Crippen molar-refractivity contribution >= 4 is 16.8 Å². The van der Waals surface area contributed by atoms with Crippen molar-refractivity contribution in [1.82, 2.24) is 9.88 Å². The standard InChI is InChI=1S/C22H24N2O3/c1-2-26-20-9-5-6-10-21(20)27-15-22(25)24-13-11-17-16-7-3-4-8-18(16)23-19(17)12-14-24/h3-10,23H,2,11-15H2,1H3. The Balaban J connectivity index is 1.40. The molecular formula is C22H24N2O3. The number of rotatable bonds is 5. The van der Waals surface area contributed by atoms with Gasteiger partial charge in [-0.2, -0.15) is 0 Å². The van der Waals surface area contributed by atoms with Gasteiger partial charge in [0.05, 0.1) is 6.61 Å². The number of nitrogens with zero attached hydrogens (tertiary/aromatic N) is 1. The molecule has 1 aromatic heterocycles. The molecular weight excluding hydrogens is 340 g/mol. The predicted molar refractivity (Wildman–Crippen MR) is 105 cm³/mol. The van der Waals surface area contributed by atoms with Crippen LogP contribution in [0.4, 0.5) is 0 Å². The number of aromatic nitrogens is 1. The molecule has 0 fully saturated rings. The van der Waals surface area contributed by atoms with Crippen LogP contribution in [0.3, 0.4) is 0 Å². The molecule has 1 aliphatic rings. The first-order chi connectivity index (χ1) is 13.3. The minimum absolute atomic E-state index is 0.00996. The number of H-pyrrole nitrogens is 1. The molecule has 0 aliphatic carbocycles. The number of hydrogen-bond acceptors (Lipinski definition) is 3. The van der Waals surface area contributed by atoms with E-state index in [4.69, 9.17) is 9.47 Å². The number of aromatic amines is 1. The van der Waals surface area contributed by atoms with Gasteiger partial charge in [0.25, 0.3) is 5.91 Å². The summed E-state index contributed by atoms with van der Waals surface area (Å²) in [6.45, 7) is 3.93. The van der Waals surface area contributed by atoms with Crippen molar-refractivity contribution in [2.45, 2.75) is 19.8 Å². The highest BCUT2D eigenvalue weighted by molar-refractivity contribution is 5.85. The van der Waals surface area contributed by atoms with Crippen LogP contribution in [-0.2, 0) is 17.6 Å². The van der Waals surface area contributed by atoms with Crippen molar-refractivity contribution < 1.29 is 14.3 Å². The number of amides is 1. The topological polar surface area (TPSA) is 54.6 Å². The van der Waals surface area contributed by atoms with Crippen LogP contribution in [0.5, 0.6) is 11.5 Å². The fourth-order valence-corrected chi connectivity index (χ4v) is 3.68. The van der Waals surface area contributed by atoms with E-state index in [0.717, 1.165) is 12.8 Å². The summed E-state index contributed by atoms with van der Waals surface area (Å²) in [5.74, 6) is 1.29. The molecule has 0 atom stereocenters. The van der Waals surface area contributed by atoms with Crippen molar-refractivity contribution in [2.75, 3.05) is 26.3 Å². The highest BCUT2D eigenvalue weighted by Crippen LogP contribution is 2.27. The van der Waals surface area contributed by atoms with Gasteiger partial charge in [-0.1, -0.05) is 30.3 Å². The van der Waals surface area contributed by atoms with Gasteiger partial charge in [-0.25, -0.2) is 0 Å². The zero-order valence-electron chi connectivity index (χ0n) is 15.5. The summed E-state index contributed by atoms with van der Waals surface area (Å²) >= 11 is 0. The van der Waals surface area contributed by atoms with Gasteiger partial charge >= 0.3 is 0 Å². The van der Waals surface area contributed by atoms with E-state index in [0.29, 0.717) is 31.2 Å². The highest BCUT2D eigenvalue weighted by Gasteiger charge is 2.21. The Labute approximate surface area is 158 Å². The summed E-state index contributed by atoms with van der Waals surface area (Å²) in [5.41, 5.74) is 3.76. The quantitative estimate of drug-likeness (QED) is 0.753. The molecule has 2 heterocycles. The predicted octanol–water partition coefficient (Wildman–Crippen LogP) is 3.57. The molecule has 3 aromatic rings. The van der Waals surface area contributed by atoms with E-state index in [9.17, 15) is 4.79 Å². The van der Waals surface area contributed by atoms with Crippen LogP contribution < -0.4 is 9.47 Å². The molecule has 0 saturated heterocycles. The number of para-hydroxylation sites is 3. The number of benzene rings is 2. The van der Waals surface area contributed by atoms with Crippen LogP contribution in [0.2, 0.25) is 0 Å². The maximum Gasteiger partial charge on any atom is 0.260 e. The third-order valence-corrected chi connectivity index (χ3v) is 5.02. The van der Waals surface area contributed by atoms with Crippen LogP contribution in [0, 0.1) is 0 Å². The normalized spacial score (nSPS) is 13.9. The van der Waals surface area contributed by atoms with E-state index in [1.54, 1.807) is 0 Å². The van der Waals surface area contributed by atoms with Crippen LogP contribution in [0.15, 0.2) is 48.5 Å². The molecule has 0 bridgehead atoms. The van der Waals surface area contributed by atoms with Gasteiger partial charge in [-0.15, -0.1) is 0 Å². The monoisotopic (exact) mass is 364 g/mol. The van der Waals surface area contributed by atoms with Crippen LogP contribution in [0.1, 0.15) is 18.2 Å². The fourth-order valence-electron chi connectivity index (χ4n) is 3.68. The molecule has 27 heavy (non-hydrogen) atoms. The molecule has 1 N–H and O–H groups in total. The van der Waals surface area contributed by atoms with Gasteiger partial charge in [0.2, 0.25) is 0 Å². The van der Waals surface area contributed by atoms with Crippen LogP contribution >= 0.6 is 0 Å². The first kappa shape index (κ1) is 17.5. The molecule has 5 nitrogen and oxygen atoms in total. The molecule has 0 unspecified atom stereocenters. The second kappa shape index (κ2) is 7.74. The lowest BCUT2D eigenvalue weighted by atomic mass is 10.1. The minimum atomic E-state index is 0.00996. The van der Waals surface area contributed by atoms with Gasteiger partial charge in [0, 0.05) is 36.1 Å². The Bertz CT molecular complexity index is 948. The number of ether oxygens (including phenoxy) is 2. The average Bonchev–Trinajstić information content (AvgIpc) is 2.91. The molecule has 5 heteroatoms. The van der Waals surface area contributed by atoms with Gasteiger partial charge in [-0.05, 0) is 37.1 Å². The first-order valence-corrected chi connectivity index (χ1v) is 9.47. The maximum atomic E-state index is 12.7. The first-order valence-electron chi connectivity index (χ1n) is 9.47. The summed E-state index contributed by atoms with van der Waals surface area (Å²) < 4.78 is 11.3. The van der Waals surface area contributed by atoms with Crippen molar-refractivity contribution in [3.63, 3.8) is 0 Å². The van der Waals surface area contributed by atoms with Gasteiger partial charge in [0.1, 0.15) is 0 Å². The van der Waals surface area contributed by atoms with Gasteiger partial charge in [0.15, 0.2) is 18.1 Å². The van der Waals surface area contributed by atoms with E-state index < -0.39 is 0 Å². The molecule has 0 saturated carbocycles. The second-order valence-electron chi connectivity index (χ2n) is 6.68. The third kappa shape index (κ3) is 3.63. The molecule has 140 valence electrons. The lowest BCUT2D eigenvalue weighted by molar-refractivity contribution is -0.133. The number of carbonyl (C=O) groups excluding carboxylic acids is 1. The fraction of sp³-hybridized carbons (Fsp3) is 0.318. The van der Waals surface area contributed by atoms with Crippen molar-refractivity contribution in [3.8, 4) is 11.5 Å². The molecule has 4 rings (SSSR count). The van der Waals surface area contributed by atoms with E-state index in [1.165, 1.54) is 22.2 Å². The van der Waals surface area contributed by atoms with Gasteiger partial charge in [-0.3, -0.25) is 4.79 Å². The maximum absolute atomic E-state index is 12.7. The van der Waals surface area contributed by atoms with Crippen molar-refractivity contribution in [3.05, 3.63) is 59.8 Å². The van der Waals surface area contributed by atoms with Crippen LogP contribution in [0.25, 0.3) is 10.9 Å². The smallest absolute Gasteiger partial charge is 0.260 e. The molecule has 0 radical (unpaired) electrons. The Morgan fingerprint density at radius 1 is 1.00 bits per heavy atom. The van der Waals surface area contributed by atoms with Crippen molar-refractivity contribution in [1.29, 1.82) is 0 Å². The number of nitrogens with one attached hydrogen (secondary N) is 1. The highest BCUT2D eigenvalue weighted by atomic mass is 16.5.